The number of carboxylic acid groups (broad SMARTS) is 1. The maximum absolute atomic E-state index is 12.5. The van der Waals surface area contributed by atoms with E-state index >= 15 is 0 Å². The molecule has 23 heavy (non-hydrogen) atoms. The van der Waals surface area contributed by atoms with Crippen LogP contribution in [0.15, 0.2) is 22.7 Å². The zero-order chi connectivity index (χ0) is 16.4. The van der Waals surface area contributed by atoms with Crippen molar-refractivity contribution in [3.63, 3.8) is 0 Å². The molecule has 0 bridgehead atoms. The number of hydrogen-bond donors (Lipinski definition) is 2. The summed E-state index contributed by atoms with van der Waals surface area (Å²) in [6.07, 6.45) is 4.77. The number of aromatic nitrogens is 1. The fraction of sp³-hybridized carbons (Fsp3) is 0.353. The molecule has 120 valence electrons. The largest absolute Gasteiger partial charge is 0.478 e. The minimum Gasteiger partial charge on any atom is -0.478 e. The highest BCUT2D eigenvalue weighted by atomic mass is 16.5. The molecule has 3 rings (SSSR count). The molecule has 0 saturated carbocycles. The summed E-state index contributed by atoms with van der Waals surface area (Å²) < 4.78 is 5.31. The molecule has 0 spiro atoms. The van der Waals surface area contributed by atoms with Crippen LogP contribution in [0.1, 0.15) is 57.0 Å². The summed E-state index contributed by atoms with van der Waals surface area (Å²) in [7, 11) is 0. The number of rotatable bonds is 3. The van der Waals surface area contributed by atoms with E-state index in [0.717, 1.165) is 49.0 Å². The summed E-state index contributed by atoms with van der Waals surface area (Å²) in [5.74, 6) is -0.595. The van der Waals surface area contributed by atoms with Crippen molar-refractivity contribution in [1.82, 2.24) is 5.16 Å². The van der Waals surface area contributed by atoms with Gasteiger partial charge in [0.1, 0.15) is 5.76 Å². The Kier molecular flexibility index (Phi) is 4.14. The van der Waals surface area contributed by atoms with E-state index in [1.807, 2.05) is 6.92 Å². The lowest BCUT2D eigenvalue weighted by atomic mass is 10.1. The second kappa shape index (κ2) is 6.24. The average molecular weight is 314 g/mol. The lowest BCUT2D eigenvalue weighted by Crippen LogP contribution is -2.16. The summed E-state index contributed by atoms with van der Waals surface area (Å²) in [4.78, 5) is 23.6. The number of benzene rings is 1. The number of carboxylic acids is 1. The maximum Gasteiger partial charge on any atom is 0.335 e. The standard InChI is InChI=1S/C17H18N2O4/c1-10-7-8-11(17(21)22)9-13(10)18-16(20)15-12-5-3-2-4-6-14(12)23-19-15/h7-9H,2-6H2,1H3,(H,18,20)(H,21,22). The predicted octanol–water partition coefficient (Wildman–Crippen LogP) is 3.20. The molecule has 0 radical (unpaired) electrons. The monoisotopic (exact) mass is 314 g/mol. The zero-order valence-corrected chi connectivity index (χ0v) is 12.9. The van der Waals surface area contributed by atoms with E-state index < -0.39 is 5.97 Å². The second-order valence-corrected chi connectivity index (χ2v) is 5.78. The predicted molar refractivity (Wildman–Crippen MR) is 83.9 cm³/mol. The number of aryl methyl sites for hydroxylation is 2. The van der Waals surface area contributed by atoms with E-state index in [4.69, 9.17) is 9.63 Å². The highest BCUT2D eigenvalue weighted by Crippen LogP contribution is 2.25. The highest BCUT2D eigenvalue weighted by molar-refractivity contribution is 6.05. The number of carbonyl (C=O) groups is 2. The van der Waals surface area contributed by atoms with Gasteiger partial charge in [0.15, 0.2) is 5.69 Å². The Morgan fingerprint density at radius 1 is 1.22 bits per heavy atom. The van der Waals surface area contributed by atoms with Gasteiger partial charge in [-0.05, 0) is 43.9 Å². The third kappa shape index (κ3) is 3.11. The van der Waals surface area contributed by atoms with Crippen molar-refractivity contribution in [2.24, 2.45) is 0 Å². The number of hydrogen-bond acceptors (Lipinski definition) is 4. The number of anilines is 1. The summed E-state index contributed by atoms with van der Waals surface area (Å²) in [6, 6.07) is 4.63. The first kappa shape index (κ1) is 15.3. The maximum atomic E-state index is 12.5. The number of nitrogens with zero attached hydrogens (tertiary/aromatic N) is 1. The minimum absolute atomic E-state index is 0.130. The first-order valence-electron chi connectivity index (χ1n) is 7.69. The van der Waals surface area contributed by atoms with Crippen molar-refractivity contribution in [2.45, 2.75) is 39.0 Å². The number of carbonyl (C=O) groups excluding carboxylic acids is 1. The molecule has 6 heteroatoms. The van der Waals surface area contributed by atoms with Gasteiger partial charge in [-0.3, -0.25) is 4.79 Å². The molecular formula is C17H18N2O4. The van der Waals surface area contributed by atoms with Gasteiger partial charge >= 0.3 is 5.97 Å². The molecule has 0 atom stereocenters. The van der Waals surface area contributed by atoms with Gasteiger partial charge in [-0.25, -0.2) is 4.79 Å². The Labute approximate surface area is 133 Å². The van der Waals surface area contributed by atoms with Gasteiger partial charge < -0.3 is 14.9 Å². The first-order chi connectivity index (χ1) is 11.1. The Morgan fingerprint density at radius 3 is 2.78 bits per heavy atom. The molecule has 1 aromatic heterocycles. The second-order valence-electron chi connectivity index (χ2n) is 5.78. The van der Waals surface area contributed by atoms with Crippen molar-refractivity contribution in [3.8, 4) is 0 Å². The summed E-state index contributed by atoms with van der Waals surface area (Å²) in [5.41, 5.74) is 2.58. The van der Waals surface area contributed by atoms with Crippen molar-refractivity contribution in [1.29, 1.82) is 0 Å². The van der Waals surface area contributed by atoms with E-state index in [-0.39, 0.29) is 11.5 Å². The topological polar surface area (TPSA) is 92.4 Å². The van der Waals surface area contributed by atoms with Gasteiger partial charge in [0.05, 0.1) is 5.56 Å². The van der Waals surface area contributed by atoms with Gasteiger partial charge in [0, 0.05) is 17.7 Å². The molecule has 1 aliphatic rings. The number of nitrogens with one attached hydrogen (secondary N) is 1. The van der Waals surface area contributed by atoms with Gasteiger partial charge in [0.25, 0.3) is 5.91 Å². The van der Waals surface area contributed by atoms with Crippen LogP contribution in [0.5, 0.6) is 0 Å². The Balaban J connectivity index is 1.87. The smallest absolute Gasteiger partial charge is 0.335 e. The molecule has 2 aromatic rings. The van der Waals surface area contributed by atoms with Crippen LogP contribution in [0.3, 0.4) is 0 Å². The van der Waals surface area contributed by atoms with E-state index in [1.54, 1.807) is 6.07 Å². The van der Waals surface area contributed by atoms with Crippen molar-refractivity contribution in [3.05, 3.63) is 46.3 Å². The quantitative estimate of drug-likeness (QED) is 0.849. The van der Waals surface area contributed by atoms with Gasteiger partial charge in [-0.1, -0.05) is 17.6 Å². The molecule has 0 unspecified atom stereocenters. The molecule has 0 fully saturated rings. The highest BCUT2D eigenvalue weighted by Gasteiger charge is 2.23. The number of aromatic carboxylic acids is 1. The number of amides is 1. The van der Waals surface area contributed by atoms with E-state index in [0.29, 0.717) is 11.4 Å². The van der Waals surface area contributed by atoms with Crippen LogP contribution in [0.25, 0.3) is 0 Å². The first-order valence-corrected chi connectivity index (χ1v) is 7.69. The summed E-state index contributed by atoms with van der Waals surface area (Å²) >= 11 is 0. The summed E-state index contributed by atoms with van der Waals surface area (Å²) in [6.45, 7) is 1.81. The van der Waals surface area contributed by atoms with Gasteiger partial charge in [-0.15, -0.1) is 0 Å². The number of fused-ring (bicyclic) bond motifs is 1. The molecule has 1 amide bonds. The van der Waals surface area contributed by atoms with Crippen molar-refractivity contribution >= 4 is 17.6 Å². The van der Waals surface area contributed by atoms with Gasteiger partial charge in [-0.2, -0.15) is 0 Å². The van der Waals surface area contributed by atoms with Crippen LogP contribution in [0.2, 0.25) is 0 Å². The third-order valence-electron chi connectivity index (χ3n) is 4.15. The minimum atomic E-state index is -1.03. The van der Waals surface area contributed by atoms with Crippen LogP contribution in [-0.4, -0.2) is 22.1 Å². The lowest BCUT2D eigenvalue weighted by molar-refractivity contribution is 0.0696. The van der Waals surface area contributed by atoms with Gasteiger partial charge in [0.2, 0.25) is 0 Å². The normalized spacial score (nSPS) is 14.0. The molecule has 0 saturated heterocycles. The molecule has 1 aliphatic carbocycles. The zero-order valence-electron chi connectivity index (χ0n) is 12.9. The van der Waals surface area contributed by atoms with Crippen molar-refractivity contribution < 1.29 is 19.2 Å². The lowest BCUT2D eigenvalue weighted by Gasteiger charge is -2.09. The van der Waals surface area contributed by atoms with Crippen molar-refractivity contribution in [2.75, 3.05) is 5.32 Å². The summed E-state index contributed by atoms with van der Waals surface area (Å²) in [5, 5.41) is 15.7. The fourth-order valence-electron chi connectivity index (χ4n) is 2.81. The molecule has 6 nitrogen and oxygen atoms in total. The van der Waals surface area contributed by atoms with Crippen LogP contribution in [0, 0.1) is 6.92 Å². The molecular weight excluding hydrogens is 296 g/mol. The molecule has 1 aromatic carbocycles. The fourth-order valence-corrected chi connectivity index (χ4v) is 2.81. The molecule has 0 aliphatic heterocycles. The van der Waals surface area contributed by atoms with Crippen LogP contribution in [-0.2, 0) is 12.8 Å². The van der Waals surface area contributed by atoms with Crippen LogP contribution < -0.4 is 5.32 Å². The average Bonchev–Trinajstić information content (AvgIpc) is 2.78. The van der Waals surface area contributed by atoms with Crippen LogP contribution >= 0.6 is 0 Å². The Morgan fingerprint density at radius 2 is 2.00 bits per heavy atom. The Hall–Kier alpha value is -2.63. The van der Waals surface area contributed by atoms with E-state index in [1.165, 1.54) is 12.1 Å². The molecule has 2 N–H and O–H groups in total. The van der Waals surface area contributed by atoms with E-state index in [9.17, 15) is 9.59 Å². The van der Waals surface area contributed by atoms with E-state index in [2.05, 4.69) is 10.5 Å². The SMILES string of the molecule is Cc1ccc(C(=O)O)cc1NC(=O)c1noc2c1CCCCC2. The van der Waals surface area contributed by atoms with Crippen LogP contribution in [0.4, 0.5) is 5.69 Å². The Bertz CT molecular complexity index is 764. The molecule has 1 heterocycles. The third-order valence-corrected chi connectivity index (χ3v) is 4.15.